The van der Waals surface area contributed by atoms with E-state index >= 15 is 0 Å². The van der Waals surface area contributed by atoms with Gasteiger partial charge in [-0.2, -0.15) is 5.26 Å². The van der Waals surface area contributed by atoms with Gasteiger partial charge in [-0.05, 0) is 17.7 Å². The zero-order valence-corrected chi connectivity index (χ0v) is 14.2. The number of rotatable bonds is 2. The lowest BCUT2D eigenvalue weighted by Gasteiger charge is -2.27. The molecule has 0 saturated heterocycles. The summed E-state index contributed by atoms with van der Waals surface area (Å²) in [6.07, 6.45) is 0. The molecular formula is C18H20N4O2. The summed E-state index contributed by atoms with van der Waals surface area (Å²) in [7, 11) is 1.61. The lowest BCUT2D eigenvalue weighted by Crippen LogP contribution is -2.23. The van der Waals surface area contributed by atoms with E-state index < -0.39 is 0 Å². The highest BCUT2D eigenvalue weighted by Gasteiger charge is 2.38. The first-order valence-electron chi connectivity index (χ1n) is 7.67. The van der Waals surface area contributed by atoms with E-state index in [9.17, 15) is 5.26 Å². The molecule has 6 nitrogen and oxygen atoms in total. The maximum absolute atomic E-state index is 9.65. The summed E-state index contributed by atoms with van der Waals surface area (Å²) in [5.74, 6) is 0.882. The van der Waals surface area contributed by atoms with Gasteiger partial charge in [0.05, 0.1) is 18.6 Å². The first kappa shape index (κ1) is 15.9. The minimum Gasteiger partial charge on any atom is -0.497 e. The molecule has 0 bridgehead atoms. The number of nitrogens with zero attached hydrogens (tertiary/aromatic N) is 2. The second-order valence-corrected chi connectivity index (χ2v) is 6.77. The molecule has 24 heavy (non-hydrogen) atoms. The predicted molar refractivity (Wildman–Crippen MR) is 89.6 cm³/mol. The van der Waals surface area contributed by atoms with Crippen LogP contribution < -0.4 is 15.2 Å². The number of nitrogens with two attached hydrogens (primary N) is 1. The number of hydrogen-bond donors (Lipinski definition) is 2. The number of hydrogen-bond acceptors (Lipinski definition) is 5. The molecule has 0 radical (unpaired) electrons. The third-order valence-corrected chi connectivity index (χ3v) is 4.12. The number of aromatic nitrogens is 2. The van der Waals surface area contributed by atoms with Gasteiger partial charge < -0.3 is 15.2 Å². The molecular weight excluding hydrogens is 304 g/mol. The molecule has 0 saturated carbocycles. The molecule has 1 aromatic heterocycles. The van der Waals surface area contributed by atoms with Gasteiger partial charge in [0.15, 0.2) is 0 Å². The van der Waals surface area contributed by atoms with Gasteiger partial charge in [-0.1, -0.05) is 32.9 Å². The quantitative estimate of drug-likeness (QED) is 0.885. The fraction of sp³-hybridized carbons (Fsp3) is 0.333. The molecule has 3 rings (SSSR count). The first-order valence-corrected chi connectivity index (χ1v) is 7.67. The van der Waals surface area contributed by atoms with Crippen LogP contribution in [-0.4, -0.2) is 17.3 Å². The number of nitriles is 1. The van der Waals surface area contributed by atoms with Gasteiger partial charge in [0.1, 0.15) is 17.4 Å². The number of H-pyrrole nitrogens is 1. The average molecular weight is 324 g/mol. The summed E-state index contributed by atoms with van der Waals surface area (Å²) < 4.78 is 10.9. The molecule has 0 amide bonds. The van der Waals surface area contributed by atoms with Gasteiger partial charge in [-0.15, -0.1) is 5.10 Å². The van der Waals surface area contributed by atoms with E-state index in [0.29, 0.717) is 11.5 Å². The van der Waals surface area contributed by atoms with Crippen molar-refractivity contribution in [1.82, 2.24) is 10.2 Å². The zero-order chi connectivity index (χ0) is 17.5. The van der Waals surface area contributed by atoms with Crippen LogP contribution in [0.2, 0.25) is 0 Å². The smallest absolute Gasteiger partial charge is 0.244 e. The monoisotopic (exact) mass is 324 g/mol. The average Bonchev–Trinajstić information content (AvgIpc) is 2.97. The number of fused-ring (bicyclic) bond motifs is 1. The summed E-state index contributed by atoms with van der Waals surface area (Å²) in [4.78, 5) is 0. The van der Waals surface area contributed by atoms with Crippen molar-refractivity contribution in [3.05, 3.63) is 52.5 Å². The molecule has 1 aliphatic heterocycles. The highest BCUT2D eigenvalue weighted by atomic mass is 16.5. The second-order valence-electron chi connectivity index (χ2n) is 6.77. The standard InChI is InChI=1S/C18H20N4O2/c1-18(2,3)15-14-13(10-6-5-7-11(8-10)23-4)12(9-19)16(20)24-17(14)22-21-15/h5-8,13H,20H2,1-4H3,(H,21,22)/t13-/m1/s1. The molecule has 124 valence electrons. The summed E-state index contributed by atoms with van der Waals surface area (Å²) in [5.41, 5.74) is 8.84. The van der Waals surface area contributed by atoms with Crippen molar-refractivity contribution < 1.29 is 9.47 Å². The topological polar surface area (TPSA) is 96.9 Å². The summed E-state index contributed by atoms with van der Waals surface area (Å²) in [6, 6.07) is 9.81. The first-order chi connectivity index (χ1) is 11.4. The molecule has 1 aliphatic rings. The molecule has 2 aromatic rings. The van der Waals surface area contributed by atoms with Gasteiger partial charge in [-0.25, -0.2) is 0 Å². The molecule has 1 atom stereocenters. The van der Waals surface area contributed by atoms with Crippen LogP contribution in [0.3, 0.4) is 0 Å². The fourth-order valence-electron chi connectivity index (χ4n) is 2.97. The van der Waals surface area contributed by atoms with Crippen LogP contribution in [0.15, 0.2) is 35.7 Å². The summed E-state index contributed by atoms with van der Waals surface area (Å²) >= 11 is 0. The Hall–Kier alpha value is -2.94. The summed E-state index contributed by atoms with van der Waals surface area (Å²) in [6.45, 7) is 6.24. The van der Waals surface area contributed by atoms with Crippen LogP contribution in [0.4, 0.5) is 0 Å². The van der Waals surface area contributed by atoms with Crippen LogP contribution in [0.25, 0.3) is 0 Å². The molecule has 0 spiro atoms. The number of aromatic amines is 1. The van der Waals surface area contributed by atoms with Crippen molar-refractivity contribution in [3.63, 3.8) is 0 Å². The van der Waals surface area contributed by atoms with Gasteiger partial charge in [0.25, 0.3) is 0 Å². The van der Waals surface area contributed by atoms with E-state index in [1.807, 2.05) is 24.3 Å². The molecule has 0 aliphatic carbocycles. The molecule has 3 N–H and O–H groups in total. The number of ether oxygens (including phenoxy) is 2. The third kappa shape index (κ3) is 2.48. The largest absolute Gasteiger partial charge is 0.497 e. The highest BCUT2D eigenvalue weighted by molar-refractivity contribution is 5.56. The minimum atomic E-state index is -0.346. The predicted octanol–water partition coefficient (Wildman–Crippen LogP) is 2.93. The fourth-order valence-corrected chi connectivity index (χ4v) is 2.97. The Morgan fingerprint density at radius 2 is 2.12 bits per heavy atom. The maximum Gasteiger partial charge on any atom is 0.244 e. The van der Waals surface area contributed by atoms with E-state index in [2.05, 4.69) is 37.0 Å². The van der Waals surface area contributed by atoms with Gasteiger partial charge >= 0.3 is 0 Å². The Morgan fingerprint density at radius 1 is 1.38 bits per heavy atom. The Morgan fingerprint density at radius 3 is 2.75 bits per heavy atom. The van der Waals surface area contributed by atoms with E-state index in [1.54, 1.807) is 7.11 Å². The minimum absolute atomic E-state index is 0.0878. The molecule has 0 fully saturated rings. The van der Waals surface area contributed by atoms with E-state index in [-0.39, 0.29) is 17.2 Å². The van der Waals surface area contributed by atoms with Gasteiger partial charge in [-0.3, -0.25) is 5.10 Å². The SMILES string of the molecule is COc1cccc([C@@H]2C(C#N)=C(N)Oc3n[nH]c(C(C)(C)C)c32)c1. The Balaban J connectivity index is 2.26. The zero-order valence-electron chi connectivity index (χ0n) is 14.2. The maximum atomic E-state index is 9.65. The number of allylic oxidation sites excluding steroid dienone is 1. The van der Waals surface area contributed by atoms with Crippen LogP contribution in [-0.2, 0) is 5.41 Å². The summed E-state index contributed by atoms with van der Waals surface area (Å²) in [5, 5.41) is 17.0. The van der Waals surface area contributed by atoms with Crippen LogP contribution in [0, 0.1) is 11.3 Å². The van der Waals surface area contributed by atoms with Crippen molar-refractivity contribution in [3.8, 4) is 17.7 Å². The number of benzene rings is 1. The Bertz CT molecular complexity index is 853. The van der Waals surface area contributed by atoms with Crippen molar-refractivity contribution in [1.29, 1.82) is 5.26 Å². The van der Waals surface area contributed by atoms with Crippen molar-refractivity contribution >= 4 is 0 Å². The van der Waals surface area contributed by atoms with Crippen molar-refractivity contribution in [2.45, 2.75) is 32.1 Å². The van der Waals surface area contributed by atoms with Crippen molar-refractivity contribution in [2.24, 2.45) is 5.73 Å². The van der Waals surface area contributed by atoms with Gasteiger partial charge in [0, 0.05) is 11.1 Å². The number of methoxy groups -OCH3 is 1. The third-order valence-electron chi connectivity index (χ3n) is 4.12. The highest BCUT2D eigenvalue weighted by Crippen LogP contribution is 2.45. The molecule has 0 unspecified atom stereocenters. The van der Waals surface area contributed by atoms with E-state index in [1.165, 1.54) is 0 Å². The normalized spacial score (nSPS) is 17.0. The van der Waals surface area contributed by atoms with Crippen LogP contribution >= 0.6 is 0 Å². The Kier molecular flexibility index (Phi) is 3.72. The van der Waals surface area contributed by atoms with Crippen LogP contribution in [0.5, 0.6) is 11.6 Å². The molecule has 6 heteroatoms. The Labute approximate surface area is 140 Å². The van der Waals surface area contributed by atoms with E-state index in [4.69, 9.17) is 15.2 Å². The van der Waals surface area contributed by atoms with Crippen LogP contribution in [0.1, 0.15) is 43.5 Å². The second kappa shape index (κ2) is 5.60. The lowest BCUT2D eigenvalue weighted by atomic mass is 9.79. The van der Waals surface area contributed by atoms with Crippen molar-refractivity contribution in [2.75, 3.05) is 7.11 Å². The molecule has 1 aromatic carbocycles. The molecule has 2 heterocycles. The number of nitrogens with one attached hydrogen (secondary N) is 1. The lowest BCUT2D eigenvalue weighted by molar-refractivity contribution is 0.377. The van der Waals surface area contributed by atoms with Gasteiger partial charge in [0.2, 0.25) is 11.8 Å². The van der Waals surface area contributed by atoms with E-state index in [0.717, 1.165) is 22.6 Å².